The largest absolute Gasteiger partial charge is 0.356 e. The van der Waals surface area contributed by atoms with E-state index in [0.29, 0.717) is 0 Å². The SMILES string of the molecule is CCCCCNC(=NC)N1CC2CCCCC2C1.I. The minimum absolute atomic E-state index is 0. The number of hydrogen-bond donors (Lipinski definition) is 1. The highest BCUT2D eigenvalue weighted by Crippen LogP contribution is 2.35. The van der Waals surface area contributed by atoms with Gasteiger partial charge in [0.25, 0.3) is 0 Å². The molecule has 112 valence electrons. The number of rotatable bonds is 4. The van der Waals surface area contributed by atoms with E-state index in [2.05, 4.69) is 22.1 Å². The maximum Gasteiger partial charge on any atom is 0.193 e. The Morgan fingerprint density at radius 1 is 1.16 bits per heavy atom. The molecule has 4 heteroatoms. The van der Waals surface area contributed by atoms with Crippen molar-refractivity contribution >= 4 is 29.9 Å². The van der Waals surface area contributed by atoms with Gasteiger partial charge in [-0.05, 0) is 31.1 Å². The predicted octanol–water partition coefficient (Wildman–Crippen LogP) is 3.49. The third-order valence-electron chi connectivity index (χ3n) is 4.55. The first-order chi connectivity index (χ1) is 8.85. The Morgan fingerprint density at radius 3 is 2.32 bits per heavy atom. The van der Waals surface area contributed by atoms with Crippen LogP contribution >= 0.6 is 24.0 Å². The fourth-order valence-electron chi connectivity index (χ4n) is 3.49. The summed E-state index contributed by atoms with van der Waals surface area (Å²) in [7, 11) is 1.92. The first kappa shape index (κ1) is 17.1. The number of guanidine groups is 1. The molecular formula is C15H30IN3. The van der Waals surface area contributed by atoms with Crippen molar-refractivity contribution < 1.29 is 0 Å². The second-order valence-corrected chi connectivity index (χ2v) is 5.89. The highest BCUT2D eigenvalue weighted by molar-refractivity contribution is 14.0. The van der Waals surface area contributed by atoms with E-state index in [4.69, 9.17) is 0 Å². The summed E-state index contributed by atoms with van der Waals surface area (Å²) >= 11 is 0. The van der Waals surface area contributed by atoms with Gasteiger partial charge in [0.15, 0.2) is 5.96 Å². The van der Waals surface area contributed by atoms with Crippen LogP contribution in [0.2, 0.25) is 0 Å². The lowest BCUT2D eigenvalue weighted by Gasteiger charge is -2.22. The lowest BCUT2D eigenvalue weighted by atomic mass is 9.82. The molecule has 1 saturated heterocycles. The molecule has 2 fully saturated rings. The van der Waals surface area contributed by atoms with Gasteiger partial charge in [0.05, 0.1) is 0 Å². The van der Waals surface area contributed by atoms with Crippen LogP contribution in [-0.2, 0) is 0 Å². The topological polar surface area (TPSA) is 27.6 Å². The second-order valence-electron chi connectivity index (χ2n) is 5.89. The van der Waals surface area contributed by atoms with Crippen molar-refractivity contribution in [2.24, 2.45) is 16.8 Å². The first-order valence-electron chi connectivity index (χ1n) is 7.80. The zero-order valence-electron chi connectivity index (χ0n) is 12.5. The van der Waals surface area contributed by atoms with E-state index in [1.807, 2.05) is 7.05 Å². The monoisotopic (exact) mass is 379 g/mol. The number of nitrogens with zero attached hydrogens (tertiary/aromatic N) is 2. The Morgan fingerprint density at radius 2 is 1.79 bits per heavy atom. The highest BCUT2D eigenvalue weighted by atomic mass is 127. The lowest BCUT2D eigenvalue weighted by Crippen LogP contribution is -2.40. The minimum Gasteiger partial charge on any atom is -0.356 e. The molecule has 1 N–H and O–H groups in total. The van der Waals surface area contributed by atoms with E-state index in [1.165, 1.54) is 58.0 Å². The summed E-state index contributed by atoms with van der Waals surface area (Å²) in [6, 6.07) is 0. The van der Waals surface area contributed by atoms with Crippen LogP contribution in [0.15, 0.2) is 4.99 Å². The normalized spacial score (nSPS) is 26.8. The average Bonchev–Trinajstić information content (AvgIpc) is 2.82. The van der Waals surface area contributed by atoms with Gasteiger partial charge >= 0.3 is 0 Å². The van der Waals surface area contributed by atoms with Gasteiger partial charge in [-0.1, -0.05) is 32.6 Å². The molecule has 0 aromatic heterocycles. The van der Waals surface area contributed by atoms with Gasteiger partial charge in [-0.2, -0.15) is 0 Å². The maximum absolute atomic E-state index is 4.46. The zero-order chi connectivity index (χ0) is 12.8. The molecule has 1 saturated carbocycles. The van der Waals surface area contributed by atoms with Crippen LogP contribution in [0, 0.1) is 11.8 Å². The van der Waals surface area contributed by atoms with Gasteiger partial charge in [-0.25, -0.2) is 0 Å². The Labute approximate surface area is 135 Å². The minimum atomic E-state index is 0. The molecule has 0 bridgehead atoms. The molecule has 2 unspecified atom stereocenters. The molecule has 0 aromatic carbocycles. The summed E-state index contributed by atoms with van der Waals surface area (Å²) in [6.07, 6.45) is 9.62. The van der Waals surface area contributed by atoms with Crippen LogP contribution < -0.4 is 5.32 Å². The van der Waals surface area contributed by atoms with Crippen molar-refractivity contribution in [2.45, 2.75) is 51.9 Å². The Hall–Kier alpha value is 0. The summed E-state index contributed by atoms with van der Waals surface area (Å²) in [5.41, 5.74) is 0. The van der Waals surface area contributed by atoms with Crippen molar-refractivity contribution in [3.8, 4) is 0 Å². The van der Waals surface area contributed by atoms with Crippen molar-refractivity contribution in [3.63, 3.8) is 0 Å². The van der Waals surface area contributed by atoms with Crippen molar-refractivity contribution in [2.75, 3.05) is 26.7 Å². The van der Waals surface area contributed by atoms with Crippen LogP contribution in [0.3, 0.4) is 0 Å². The lowest BCUT2D eigenvalue weighted by molar-refractivity contribution is 0.299. The van der Waals surface area contributed by atoms with E-state index in [0.717, 1.165) is 24.3 Å². The van der Waals surface area contributed by atoms with Gasteiger partial charge < -0.3 is 10.2 Å². The molecule has 1 heterocycles. The van der Waals surface area contributed by atoms with Crippen molar-refractivity contribution in [1.82, 2.24) is 10.2 Å². The van der Waals surface area contributed by atoms with E-state index >= 15 is 0 Å². The summed E-state index contributed by atoms with van der Waals surface area (Å²) < 4.78 is 0. The van der Waals surface area contributed by atoms with Crippen LogP contribution in [0.5, 0.6) is 0 Å². The van der Waals surface area contributed by atoms with Gasteiger partial charge in [0, 0.05) is 26.7 Å². The van der Waals surface area contributed by atoms with Crippen molar-refractivity contribution in [1.29, 1.82) is 0 Å². The third kappa shape index (κ3) is 4.80. The van der Waals surface area contributed by atoms with Crippen LogP contribution in [0.4, 0.5) is 0 Å². The molecule has 1 aliphatic heterocycles. The zero-order valence-corrected chi connectivity index (χ0v) is 14.9. The summed E-state index contributed by atoms with van der Waals surface area (Å²) in [5.74, 6) is 3.02. The molecule has 0 radical (unpaired) electrons. The molecule has 0 aromatic rings. The molecule has 19 heavy (non-hydrogen) atoms. The molecule has 2 aliphatic rings. The summed E-state index contributed by atoms with van der Waals surface area (Å²) in [6.45, 7) is 5.79. The number of fused-ring (bicyclic) bond motifs is 1. The summed E-state index contributed by atoms with van der Waals surface area (Å²) in [4.78, 5) is 6.95. The van der Waals surface area contributed by atoms with Crippen LogP contribution in [0.1, 0.15) is 51.9 Å². The Balaban J connectivity index is 0.00000180. The Kier molecular flexibility index (Phi) is 8.11. The van der Waals surface area contributed by atoms with E-state index < -0.39 is 0 Å². The smallest absolute Gasteiger partial charge is 0.193 e. The fraction of sp³-hybridized carbons (Fsp3) is 0.933. The second kappa shape index (κ2) is 9.03. The van der Waals surface area contributed by atoms with E-state index in [9.17, 15) is 0 Å². The van der Waals surface area contributed by atoms with E-state index in [-0.39, 0.29) is 24.0 Å². The highest BCUT2D eigenvalue weighted by Gasteiger charge is 2.35. The maximum atomic E-state index is 4.46. The predicted molar refractivity (Wildman–Crippen MR) is 93.3 cm³/mol. The Bertz CT molecular complexity index is 267. The number of unbranched alkanes of at least 4 members (excludes halogenated alkanes) is 2. The quantitative estimate of drug-likeness (QED) is 0.351. The standard InChI is InChI=1S/C15H29N3.HI/c1-3-4-7-10-17-15(16-2)18-11-13-8-5-6-9-14(13)12-18;/h13-14H,3-12H2,1-2H3,(H,16,17);1H. The average molecular weight is 379 g/mol. The molecular weight excluding hydrogens is 349 g/mol. The van der Waals surface area contributed by atoms with Crippen LogP contribution in [0.25, 0.3) is 0 Å². The molecule has 0 spiro atoms. The van der Waals surface area contributed by atoms with Gasteiger partial charge in [0.2, 0.25) is 0 Å². The van der Waals surface area contributed by atoms with Crippen LogP contribution in [-0.4, -0.2) is 37.5 Å². The van der Waals surface area contributed by atoms with Gasteiger partial charge in [-0.15, -0.1) is 24.0 Å². The fourth-order valence-corrected chi connectivity index (χ4v) is 3.49. The number of likely N-dealkylation sites (tertiary alicyclic amines) is 1. The molecule has 2 rings (SSSR count). The molecule has 1 aliphatic carbocycles. The number of aliphatic imine (C=N–C) groups is 1. The first-order valence-corrected chi connectivity index (χ1v) is 7.80. The number of halogens is 1. The molecule has 2 atom stereocenters. The molecule has 0 amide bonds. The molecule has 3 nitrogen and oxygen atoms in total. The van der Waals surface area contributed by atoms with E-state index in [1.54, 1.807) is 0 Å². The van der Waals surface area contributed by atoms with Crippen molar-refractivity contribution in [3.05, 3.63) is 0 Å². The van der Waals surface area contributed by atoms with Gasteiger partial charge in [0.1, 0.15) is 0 Å². The number of nitrogens with one attached hydrogen (secondary N) is 1. The van der Waals surface area contributed by atoms with Gasteiger partial charge in [-0.3, -0.25) is 4.99 Å². The summed E-state index contributed by atoms with van der Waals surface area (Å²) in [5, 5.41) is 3.53. The number of hydrogen-bond acceptors (Lipinski definition) is 1. The third-order valence-corrected chi connectivity index (χ3v) is 4.55.